The second kappa shape index (κ2) is 7.92. The number of aliphatic hydroxyl groups is 1. The summed E-state index contributed by atoms with van der Waals surface area (Å²) in [6, 6.07) is 12.2. The van der Waals surface area contributed by atoms with Crippen molar-refractivity contribution in [3.05, 3.63) is 53.1 Å². The first-order valence-electron chi connectivity index (χ1n) is 9.14. The highest BCUT2D eigenvalue weighted by molar-refractivity contribution is 5.73. The largest absolute Gasteiger partial charge is 0.486 e. The molecule has 0 aromatic heterocycles. The Bertz CT molecular complexity index is 782. The number of ether oxygens (including phenoxy) is 2. The molecule has 26 heavy (non-hydrogen) atoms. The number of rotatable bonds is 5. The quantitative estimate of drug-likeness (QED) is 0.812. The monoisotopic (exact) mass is 354 g/mol. The van der Waals surface area contributed by atoms with E-state index < -0.39 is 0 Å². The normalized spacial score (nSPS) is 19.4. The van der Waals surface area contributed by atoms with Crippen molar-refractivity contribution in [1.82, 2.24) is 0 Å². The lowest BCUT2D eigenvalue weighted by molar-refractivity contribution is -0.149. The van der Waals surface area contributed by atoms with Crippen molar-refractivity contribution in [2.45, 2.75) is 58.8 Å². The molecule has 0 bridgehead atoms. The highest BCUT2D eigenvalue weighted by Gasteiger charge is 2.32. The highest BCUT2D eigenvalue weighted by Crippen LogP contribution is 2.37. The number of hydrogen-bond donors (Lipinski definition) is 1. The van der Waals surface area contributed by atoms with Crippen LogP contribution in [0.3, 0.4) is 0 Å². The third-order valence-electron chi connectivity index (χ3n) is 5.08. The molecule has 4 heteroatoms. The SMILES string of the molecule is CC(=O)O[C@H]1CCC[C@@H]1Oc1cc(C)c(-c2ccccc2)c(C)c1CO. The van der Waals surface area contributed by atoms with Crippen molar-refractivity contribution >= 4 is 5.97 Å². The smallest absolute Gasteiger partial charge is 0.303 e. The second-order valence-corrected chi connectivity index (χ2v) is 6.93. The zero-order valence-electron chi connectivity index (χ0n) is 15.6. The van der Waals surface area contributed by atoms with Gasteiger partial charge in [0.15, 0.2) is 0 Å². The highest BCUT2D eigenvalue weighted by atomic mass is 16.6. The van der Waals surface area contributed by atoms with Gasteiger partial charge in [-0.05, 0) is 61.4 Å². The number of aryl methyl sites for hydroxylation is 1. The van der Waals surface area contributed by atoms with E-state index in [2.05, 4.69) is 19.1 Å². The predicted molar refractivity (Wildman–Crippen MR) is 101 cm³/mol. The minimum Gasteiger partial charge on any atom is -0.486 e. The minimum atomic E-state index is -0.278. The van der Waals surface area contributed by atoms with E-state index in [1.54, 1.807) is 0 Å². The van der Waals surface area contributed by atoms with Crippen LogP contribution in [0, 0.1) is 13.8 Å². The van der Waals surface area contributed by atoms with Gasteiger partial charge >= 0.3 is 5.97 Å². The molecule has 2 atom stereocenters. The van der Waals surface area contributed by atoms with E-state index in [-0.39, 0.29) is 24.8 Å². The van der Waals surface area contributed by atoms with Crippen molar-refractivity contribution in [3.63, 3.8) is 0 Å². The predicted octanol–water partition coefficient (Wildman–Crippen LogP) is 4.33. The molecule has 2 aromatic carbocycles. The lowest BCUT2D eigenvalue weighted by atomic mass is 9.91. The number of benzene rings is 2. The van der Waals surface area contributed by atoms with Crippen LogP contribution >= 0.6 is 0 Å². The zero-order chi connectivity index (χ0) is 18.7. The van der Waals surface area contributed by atoms with Gasteiger partial charge in [0.25, 0.3) is 0 Å². The number of hydrogen-bond acceptors (Lipinski definition) is 4. The molecule has 0 spiro atoms. The van der Waals surface area contributed by atoms with Crippen LogP contribution in [0.25, 0.3) is 11.1 Å². The van der Waals surface area contributed by atoms with Gasteiger partial charge in [-0.15, -0.1) is 0 Å². The standard InChI is InChI=1S/C22H26O4/c1-14-12-21(26-20-11-7-10-19(20)25-16(3)24)18(13-23)15(2)22(14)17-8-5-4-6-9-17/h4-6,8-9,12,19-20,23H,7,10-11,13H2,1-3H3/t19-,20-/m0/s1. The Balaban J connectivity index is 1.95. The molecule has 0 unspecified atom stereocenters. The van der Waals surface area contributed by atoms with Crippen LogP contribution in [-0.4, -0.2) is 23.3 Å². The van der Waals surface area contributed by atoms with Crippen LogP contribution in [0.1, 0.15) is 42.9 Å². The summed E-state index contributed by atoms with van der Waals surface area (Å²) >= 11 is 0. The van der Waals surface area contributed by atoms with E-state index in [9.17, 15) is 9.90 Å². The van der Waals surface area contributed by atoms with Crippen molar-refractivity contribution in [2.24, 2.45) is 0 Å². The Morgan fingerprint density at radius 2 is 1.85 bits per heavy atom. The fourth-order valence-electron chi connectivity index (χ4n) is 3.88. The van der Waals surface area contributed by atoms with Crippen molar-refractivity contribution in [2.75, 3.05) is 0 Å². The maximum absolute atomic E-state index is 11.3. The minimum absolute atomic E-state index is 0.0910. The molecule has 0 heterocycles. The molecule has 0 saturated heterocycles. The van der Waals surface area contributed by atoms with Crippen LogP contribution < -0.4 is 4.74 Å². The lowest BCUT2D eigenvalue weighted by Crippen LogP contribution is -2.30. The Hall–Kier alpha value is -2.33. The second-order valence-electron chi connectivity index (χ2n) is 6.93. The van der Waals surface area contributed by atoms with Gasteiger partial charge in [-0.3, -0.25) is 4.79 Å². The summed E-state index contributed by atoms with van der Waals surface area (Å²) in [5.41, 5.74) is 5.17. The maximum atomic E-state index is 11.3. The molecule has 3 rings (SSSR count). The van der Waals surface area contributed by atoms with Crippen molar-refractivity contribution in [1.29, 1.82) is 0 Å². The molecule has 1 saturated carbocycles. The average Bonchev–Trinajstić information content (AvgIpc) is 3.02. The Morgan fingerprint density at radius 3 is 2.50 bits per heavy atom. The summed E-state index contributed by atoms with van der Waals surface area (Å²) in [6.45, 7) is 5.41. The first kappa shape index (κ1) is 18.5. The first-order chi connectivity index (χ1) is 12.5. The van der Waals surface area contributed by atoms with E-state index in [0.29, 0.717) is 5.75 Å². The first-order valence-corrected chi connectivity index (χ1v) is 9.14. The van der Waals surface area contributed by atoms with Crippen LogP contribution in [0.2, 0.25) is 0 Å². The summed E-state index contributed by atoms with van der Waals surface area (Å²) in [7, 11) is 0. The van der Waals surface area contributed by atoms with Crippen LogP contribution in [0.4, 0.5) is 0 Å². The third-order valence-corrected chi connectivity index (χ3v) is 5.08. The molecule has 1 N–H and O–H groups in total. The van der Waals surface area contributed by atoms with Crippen LogP contribution in [0.15, 0.2) is 36.4 Å². The van der Waals surface area contributed by atoms with E-state index >= 15 is 0 Å². The molecule has 0 aliphatic heterocycles. The van der Waals surface area contributed by atoms with E-state index in [1.165, 1.54) is 6.92 Å². The topological polar surface area (TPSA) is 55.8 Å². The van der Waals surface area contributed by atoms with Gasteiger partial charge in [0.2, 0.25) is 0 Å². The molecule has 138 valence electrons. The van der Waals surface area contributed by atoms with Gasteiger partial charge in [0, 0.05) is 12.5 Å². The fraction of sp³-hybridized carbons (Fsp3) is 0.409. The van der Waals surface area contributed by atoms with Gasteiger partial charge in [-0.25, -0.2) is 0 Å². The lowest BCUT2D eigenvalue weighted by Gasteiger charge is -2.24. The van der Waals surface area contributed by atoms with Crippen molar-refractivity contribution < 1.29 is 19.4 Å². The molecule has 1 fully saturated rings. The summed E-state index contributed by atoms with van der Waals surface area (Å²) in [6.07, 6.45) is 2.26. The maximum Gasteiger partial charge on any atom is 0.303 e. The molecular formula is C22H26O4. The van der Waals surface area contributed by atoms with Gasteiger partial charge < -0.3 is 14.6 Å². The molecule has 2 aromatic rings. The number of aliphatic hydroxyl groups excluding tert-OH is 1. The molecule has 0 amide bonds. The Kier molecular flexibility index (Phi) is 5.62. The van der Waals surface area contributed by atoms with E-state index in [1.807, 2.05) is 31.2 Å². The van der Waals surface area contributed by atoms with Crippen LogP contribution in [0.5, 0.6) is 5.75 Å². The van der Waals surface area contributed by atoms with Gasteiger partial charge in [-0.1, -0.05) is 30.3 Å². The van der Waals surface area contributed by atoms with Crippen molar-refractivity contribution in [3.8, 4) is 16.9 Å². The molecule has 4 nitrogen and oxygen atoms in total. The number of carbonyl (C=O) groups excluding carboxylic acids is 1. The summed E-state index contributed by atoms with van der Waals surface area (Å²) in [5, 5.41) is 9.98. The summed E-state index contributed by atoms with van der Waals surface area (Å²) < 4.78 is 11.6. The number of esters is 1. The zero-order valence-corrected chi connectivity index (χ0v) is 15.6. The summed E-state index contributed by atoms with van der Waals surface area (Å²) in [5.74, 6) is 0.408. The molecular weight excluding hydrogens is 328 g/mol. The summed E-state index contributed by atoms with van der Waals surface area (Å²) in [4.78, 5) is 11.3. The van der Waals surface area contributed by atoms with E-state index in [0.717, 1.165) is 47.1 Å². The fourth-order valence-corrected chi connectivity index (χ4v) is 3.88. The Labute approximate surface area is 154 Å². The molecule has 0 radical (unpaired) electrons. The number of carbonyl (C=O) groups is 1. The average molecular weight is 354 g/mol. The van der Waals surface area contributed by atoms with Gasteiger partial charge in [0.05, 0.1) is 6.61 Å². The Morgan fingerprint density at radius 1 is 1.15 bits per heavy atom. The molecule has 1 aliphatic rings. The van der Waals surface area contributed by atoms with Gasteiger partial charge in [0.1, 0.15) is 18.0 Å². The van der Waals surface area contributed by atoms with Gasteiger partial charge in [-0.2, -0.15) is 0 Å². The van der Waals surface area contributed by atoms with E-state index in [4.69, 9.17) is 9.47 Å². The molecule has 1 aliphatic carbocycles. The third kappa shape index (κ3) is 3.75. The van der Waals surface area contributed by atoms with Crippen LogP contribution in [-0.2, 0) is 16.1 Å².